The van der Waals surface area contributed by atoms with Crippen molar-refractivity contribution < 1.29 is 19.1 Å². The number of anilines is 2. The minimum Gasteiger partial charge on any atom is -0.452 e. The first-order chi connectivity index (χ1) is 16.2. The van der Waals surface area contributed by atoms with Crippen LogP contribution in [0.5, 0.6) is 0 Å². The zero-order valence-corrected chi connectivity index (χ0v) is 19.9. The van der Waals surface area contributed by atoms with Gasteiger partial charge in [-0.25, -0.2) is 4.79 Å². The summed E-state index contributed by atoms with van der Waals surface area (Å²) in [4.78, 5) is 41.3. The molecule has 0 atom stereocenters. The van der Waals surface area contributed by atoms with E-state index in [1.165, 1.54) is 4.90 Å². The van der Waals surface area contributed by atoms with Gasteiger partial charge < -0.3 is 19.9 Å². The molecular weight excluding hydrogens is 430 g/mol. The van der Waals surface area contributed by atoms with Crippen LogP contribution < -0.4 is 10.2 Å². The lowest BCUT2D eigenvalue weighted by atomic mass is 10.1. The number of ether oxygens (including phenoxy) is 1. The van der Waals surface area contributed by atoms with Gasteiger partial charge in [0.2, 0.25) is 0 Å². The average Bonchev–Trinajstić information content (AvgIpc) is 2.83. The summed E-state index contributed by atoms with van der Waals surface area (Å²) in [5, 5.41) is 2.75. The van der Waals surface area contributed by atoms with Gasteiger partial charge in [-0.15, -0.1) is 0 Å². The normalized spacial score (nSPS) is 10.4. The molecule has 3 aromatic carbocycles. The number of hydrogen-bond acceptors (Lipinski definition) is 5. The van der Waals surface area contributed by atoms with Gasteiger partial charge in [0.1, 0.15) is 0 Å². The van der Waals surface area contributed by atoms with Crippen LogP contribution in [0, 0.1) is 6.92 Å². The van der Waals surface area contributed by atoms with Crippen LogP contribution in [0.4, 0.5) is 11.4 Å². The highest BCUT2D eigenvalue weighted by Gasteiger charge is 2.18. The molecular formula is C27H29N3O4. The standard InChI is InChI=1S/C27H29N3O4/c1-19-8-7-9-21(16-19)26(32)28-24-11-6-5-10-23(24)27(33)34-18-25(31)30(4)17-20-12-14-22(15-13-20)29(2)3/h5-16H,17-18H2,1-4H3,(H,28,32). The van der Waals surface area contributed by atoms with Gasteiger partial charge in [-0.1, -0.05) is 42.0 Å². The van der Waals surface area contributed by atoms with Crippen molar-refractivity contribution in [2.75, 3.05) is 38.0 Å². The minimum absolute atomic E-state index is 0.179. The Morgan fingerprint density at radius 2 is 1.59 bits per heavy atom. The highest BCUT2D eigenvalue weighted by molar-refractivity contribution is 6.08. The predicted octanol–water partition coefficient (Wildman–Crippen LogP) is 4.13. The quantitative estimate of drug-likeness (QED) is 0.513. The molecule has 0 aliphatic carbocycles. The lowest BCUT2D eigenvalue weighted by molar-refractivity contribution is -0.133. The van der Waals surface area contributed by atoms with Gasteiger partial charge in [0, 0.05) is 38.9 Å². The third kappa shape index (κ3) is 6.45. The minimum atomic E-state index is -0.683. The number of nitrogens with zero attached hydrogens (tertiary/aromatic N) is 2. The van der Waals surface area contributed by atoms with Crippen LogP contribution in [0.3, 0.4) is 0 Å². The molecule has 3 aromatic rings. The van der Waals surface area contributed by atoms with Crippen molar-refractivity contribution in [3.8, 4) is 0 Å². The van der Waals surface area contributed by atoms with Gasteiger partial charge >= 0.3 is 5.97 Å². The van der Waals surface area contributed by atoms with Gasteiger partial charge in [-0.2, -0.15) is 0 Å². The molecule has 176 valence electrons. The molecule has 0 aliphatic rings. The van der Waals surface area contributed by atoms with Crippen LogP contribution >= 0.6 is 0 Å². The fraction of sp³-hybridized carbons (Fsp3) is 0.222. The number of nitrogens with one attached hydrogen (secondary N) is 1. The second-order valence-electron chi connectivity index (χ2n) is 8.26. The maximum absolute atomic E-state index is 12.7. The molecule has 0 aliphatic heterocycles. The van der Waals surface area contributed by atoms with Crippen molar-refractivity contribution in [3.05, 3.63) is 95.1 Å². The number of para-hydroxylation sites is 1. The highest BCUT2D eigenvalue weighted by Crippen LogP contribution is 2.18. The van der Waals surface area contributed by atoms with E-state index in [2.05, 4.69) is 5.32 Å². The summed E-state index contributed by atoms with van der Waals surface area (Å²) in [5.74, 6) is -1.34. The molecule has 7 heteroatoms. The Balaban J connectivity index is 1.59. The first-order valence-electron chi connectivity index (χ1n) is 10.9. The Hall–Kier alpha value is -4.13. The van der Waals surface area contributed by atoms with Gasteiger partial charge in [-0.05, 0) is 48.9 Å². The number of hydrogen-bond donors (Lipinski definition) is 1. The molecule has 1 N–H and O–H groups in total. The van der Waals surface area contributed by atoms with Crippen molar-refractivity contribution in [2.24, 2.45) is 0 Å². The lowest BCUT2D eigenvalue weighted by Crippen LogP contribution is -2.31. The van der Waals surface area contributed by atoms with E-state index < -0.39 is 12.6 Å². The molecule has 34 heavy (non-hydrogen) atoms. The van der Waals surface area contributed by atoms with Crippen molar-refractivity contribution in [1.82, 2.24) is 4.90 Å². The average molecular weight is 460 g/mol. The van der Waals surface area contributed by atoms with Crippen molar-refractivity contribution in [3.63, 3.8) is 0 Å². The zero-order chi connectivity index (χ0) is 24.7. The first-order valence-corrected chi connectivity index (χ1v) is 10.9. The molecule has 0 heterocycles. The van der Waals surface area contributed by atoms with Gasteiger partial charge in [-0.3, -0.25) is 9.59 Å². The number of esters is 1. The van der Waals surface area contributed by atoms with Crippen molar-refractivity contribution in [1.29, 1.82) is 0 Å². The maximum Gasteiger partial charge on any atom is 0.340 e. The molecule has 0 spiro atoms. The summed E-state index contributed by atoms with van der Waals surface area (Å²) in [7, 11) is 5.59. The number of aryl methyl sites for hydroxylation is 1. The number of carbonyl (C=O) groups excluding carboxylic acids is 3. The number of carbonyl (C=O) groups is 3. The van der Waals surface area contributed by atoms with Crippen LogP contribution in [-0.2, 0) is 16.1 Å². The van der Waals surface area contributed by atoms with E-state index in [-0.39, 0.29) is 17.4 Å². The van der Waals surface area contributed by atoms with E-state index in [0.29, 0.717) is 17.8 Å². The molecule has 0 bridgehead atoms. The van der Waals surface area contributed by atoms with Crippen LogP contribution in [0.25, 0.3) is 0 Å². The number of amides is 2. The number of rotatable bonds is 8. The van der Waals surface area contributed by atoms with Crippen LogP contribution in [0.1, 0.15) is 31.8 Å². The van der Waals surface area contributed by atoms with E-state index >= 15 is 0 Å². The van der Waals surface area contributed by atoms with Crippen LogP contribution in [-0.4, -0.2) is 50.4 Å². The molecule has 0 unspecified atom stereocenters. The molecule has 0 saturated heterocycles. The van der Waals surface area contributed by atoms with E-state index in [9.17, 15) is 14.4 Å². The second-order valence-corrected chi connectivity index (χ2v) is 8.26. The smallest absolute Gasteiger partial charge is 0.340 e. The Morgan fingerprint density at radius 1 is 0.882 bits per heavy atom. The highest BCUT2D eigenvalue weighted by atomic mass is 16.5. The summed E-state index contributed by atoms with van der Waals surface area (Å²) in [6, 6.07) is 21.6. The summed E-state index contributed by atoms with van der Waals surface area (Å²) >= 11 is 0. The maximum atomic E-state index is 12.7. The fourth-order valence-electron chi connectivity index (χ4n) is 3.33. The monoisotopic (exact) mass is 459 g/mol. The molecule has 2 amide bonds. The first kappa shape index (κ1) is 24.5. The zero-order valence-electron chi connectivity index (χ0n) is 19.9. The Kier molecular flexibility index (Phi) is 8.03. The molecule has 0 saturated carbocycles. The predicted molar refractivity (Wildman–Crippen MR) is 133 cm³/mol. The molecule has 0 radical (unpaired) electrons. The van der Waals surface area contributed by atoms with E-state index in [1.54, 1.807) is 49.5 Å². The van der Waals surface area contributed by atoms with Crippen LogP contribution in [0.2, 0.25) is 0 Å². The molecule has 3 rings (SSSR count). The SMILES string of the molecule is Cc1cccc(C(=O)Nc2ccccc2C(=O)OCC(=O)N(C)Cc2ccc(N(C)C)cc2)c1. The van der Waals surface area contributed by atoms with Gasteiger partial charge in [0.15, 0.2) is 6.61 Å². The Labute approximate surface area is 199 Å². The Bertz CT molecular complexity index is 1170. The van der Waals surface area contributed by atoms with Gasteiger partial charge in [0.05, 0.1) is 11.3 Å². The fourth-order valence-corrected chi connectivity index (χ4v) is 3.33. The summed E-state index contributed by atoms with van der Waals surface area (Å²) in [5.41, 5.74) is 3.98. The molecule has 0 fully saturated rings. The number of likely N-dealkylation sites (N-methyl/N-ethyl adjacent to an activating group) is 1. The van der Waals surface area contributed by atoms with Gasteiger partial charge in [0.25, 0.3) is 11.8 Å². The third-order valence-corrected chi connectivity index (χ3v) is 5.30. The third-order valence-electron chi connectivity index (χ3n) is 5.30. The van der Waals surface area contributed by atoms with E-state index in [1.807, 2.05) is 56.3 Å². The number of benzene rings is 3. The summed E-state index contributed by atoms with van der Waals surface area (Å²) < 4.78 is 5.26. The van der Waals surface area contributed by atoms with E-state index in [0.717, 1.165) is 16.8 Å². The Morgan fingerprint density at radius 3 is 2.26 bits per heavy atom. The van der Waals surface area contributed by atoms with Crippen molar-refractivity contribution >= 4 is 29.2 Å². The second kappa shape index (κ2) is 11.1. The van der Waals surface area contributed by atoms with E-state index in [4.69, 9.17) is 4.74 Å². The summed E-state index contributed by atoms with van der Waals surface area (Å²) in [6.07, 6.45) is 0. The largest absolute Gasteiger partial charge is 0.452 e. The lowest BCUT2D eigenvalue weighted by Gasteiger charge is -2.18. The summed E-state index contributed by atoms with van der Waals surface area (Å²) in [6.45, 7) is 1.90. The molecule has 7 nitrogen and oxygen atoms in total. The van der Waals surface area contributed by atoms with Crippen molar-refractivity contribution in [2.45, 2.75) is 13.5 Å². The van der Waals surface area contributed by atoms with Crippen LogP contribution in [0.15, 0.2) is 72.8 Å². The molecule has 0 aromatic heterocycles. The topological polar surface area (TPSA) is 78.9 Å².